The van der Waals surface area contributed by atoms with Gasteiger partial charge in [0, 0.05) is 23.1 Å². The highest BCUT2D eigenvalue weighted by Gasteiger charge is 2.24. The van der Waals surface area contributed by atoms with Crippen LogP contribution >= 0.6 is 23.1 Å². The largest absolute Gasteiger partial charge is 0.494 e. The zero-order valence-corrected chi connectivity index (χ0v) is 25.4. The fourth-order valence-corrected chi connectivity index (χ4v) is 5.92. The number of rotatable bonds is 13. The average molecular weight is 591 g/mol. The minimum Gasteiger partial charge on any atom is -0.494 e. The molecular formula is C31H34N4O4S2. The number of amides is 1. The zero-order chi connectivity index (χ0) is 29.4. The second-order valence-corrected chi connectivity index (χ2v) is 11.3. The van der Waals surface area contributed by atoms with E-state index in [0.29, 0.717) is 34.7 Å². The van der Waals surface area contributed by atoms with Gasteiger partial charge in [-0.25, -0.2) is 4.79 Å². The summed E-state index contributed by atoms with van der Waals surface area (Å²) in [5.74, 6) is 0.804. The topological polar surface area (TPSA) is 95.3 Å². The molecule has 0 unspecified atom stereocenters. The fourth-order valence-electron chi connectivity index (χ4n) is 4.21. The van der Waals surface area contributed by atoms with Crippen molar-refractivity contribution in [3.63, 3.8) is 0 Å². The number of aromatic nitrogens is 3. The van der Waals surface area contributed by atoms with E-state index < -0.39 is 5.97 Å². The predicted octanol–water partition coefficient (Wildman–Crippen LogP) is 7.17. The van der Waals surface area contributed by atoms with Crippen LogP contribution in [0.3, 0.4) is 0 Å². The Kier molecular flexibility index (Phi) is 10.4. The first kappa shape index (κ1) is 30.1. The molecule has 1 N–H and O–H groups in total. The van der Waals surface area contributed by atoms with E-state index in [1.807, 2.05) is 66.3 Å². The predicted molar refractivity (Wildman–Crippen MR) is 166 cm³/mol. The molecular weight excluding hydrogens is 556 g/mol. The summed E-state index contributed by atoms with van der Waals surface area (Å²) in [6.07, 6.45) is 3.85. The number of nitrogens with zero attached hydrogens (tertiary/aromatic N) is 3. The molecule has 0 radical (unpaired) electrons. The van der Waals surface area contributed by atoms with E-state index in [4.69, 9.17) is 9.47 Å². The van der Waals surface area contributed by atoms with Crippen LogP contribution in [0.4, 0.5) is 5.00 Å². The quantitative estimate of drug-likeness (QED) is 0.0763. The van der Waals surface area contributed by atoms with Crippen LogP contribution < -0.4 is 10.1 Å². The Morgan fingerprint density at radius 1 is 1.12 bits per heavy atom. The SMILES string of the molecule is C=CCn1c(SCC(=O)Nc2scc(-c3cc(C)ccc3C)c2C(=O)OC)nnc1-c1ccc(OCCCC)cc1. The summed E-state index contributed by atoms with van der Waals surface area (Å²) in [6.45, 7) is 11.2. The van der Waals surface area contributed by atoms with Crippen molar-refractivity contribution in [2.45, 2.75) is 45.3 Å². The summed E-state index contributed by atoms with van der Waals surface area (Å²) in [7, 11) is 1.34. The minimum absolute atomic E-state index is 0.0802. The summed E-state index contributed by atoms with van der Waals surface area (Å²) in [5.41, 5.74) is 5.02. The highest BCUT2D eigenvalue weighted by Crippen LogP contribution is 2.38. The molecule has 2 heterocycles. The third-order valence-corrected chi connectivity index (χ3v) is 8.22. The van der Waals surface area contributed by atoms with Gasteiger partial charge in [0.15, 0.2) is 11.0 Å². The van der Waals surface area contributed by atoms with Gasteiger partial charge in [-0.2, -0.15) is 0 Å². The van der Waals surface area contributed by atoms with Gasteiger partial charge in [-0.3, -0.25) is 9.36 Å². The third-order valence-electron chi connectivity index (χ3n) is 6.36. The molecule has 4 aromatic rings. The number of carbonyl (C=O) groups is 2. The second-order valence-electron chi connectivity index (χ2n) is 9.43. The normalized spacial score (nSPS) is 10.8. The smallest absolute Gasteiger partial charge is 0.341 e. The molecule has 0 aliphatic heterocycles. The first-order valence-electron chi connectivity index (χ1n) is 13.3. The van der Waals surface area contributed by atoms with Crippen molar-refractivity contribution in [1.82, 2.24) is 14.8 Å². The number of thiophene rings is 1. The van der Waals surface area contributed by atoms with E-state index in [1.165, 1.54) is 30.2 Å². The third kappa shape index (κ3) is 7.25. The number of ether oxygens (including phenoxy) is 2. The molecule has 1 amide bonds. The molecule has 0 spiro atoms. The van der Waals surface area contributed by atoms with Crippen molar-refractivity contribution in [2.24, 2.45) is 0 Å². The molecule has 10 heteroatoms. The molecule has 0 bridgehead atoms. The molecule has 0 atom stereocenters. The van der Waals surface area contributed by atoms with Gasteiger partial charge >= 0.3 is 5.97 Å². The lowest BCUT2D eigenvalue weighted by Crippen LogP contribution is -2.16. The van der Waals surface area contributed by atoms with E-state index in [1.54, 1.807) is 6.08 Å². The Morgan fingerprint density at radius 2 is 1.90 bits per heavy atom. The molecule has 214 valence electrons. The molecule has 8 nitrogen and oxygen atoms in total. The van der Waals surface area contributed by atoms with Crippen LogP contribution in [-0.2, 0) is 16.1 Å². The minimum atomic E-state index is -0.498. The van der Waals surface area contributed by atoms with Gasteiger partial charge < -0.3 is 14.8 Å². The standard InChI is InChI=1S/C31H34N4O4S2/c1-6-8-16-39-23-13-11-22(12-14-23)28-33-34-31(35(28)15-7-2)41-19-26(36)32-29-27(30(37)38-5)25(18-40-29)24-17-20(3)9-10-21(24)4/h7,9-14,17-18H,2,6,8,15-16,19H2,1,3-5H3,(H,32,36). The molecule has 4 rings (SSSR count). The first-order valence-corrected chi connectivity index (χ1v) is 15.2. The monoisotopic (exact) mass is 590 g/mol. The van der Waals surface area contributed by atoms with Crippen LogP contribution in [-0.4, -0.2) is 46.1 Å². The van der Waals surface area contributed by atoms with Crippen molar-refractivity contribution < 1.29 is 19.1 Å². The maximum Gasteiger partial charge on any atom is 0.341 e. The highest BCUT2D eigenvalue weighted by atomic mass is 32.2. The Labute approximate surface area is 248 Å². The number of anilines is 1. The number of thioether (sulfide) groups is 1. The first-order chi connectivity index (χ1) is 19.9. The van der Waals surface area contributed by atoms with Gasteiger partial charge in [0.2, 0.25) is 5.91 Å². The lowest BCUT2D eigenvalue weighted by atomic mass is 9.97. The van der Waals surface area contributed by atoms with Crippen LogP contribution in [0.15, 0.2) is 65.7 Å². The fraction of sp³-hybridized carbons (Fsp3) is 0.290. The van der Waals surface area contributed by atoms with Crippen molar-refractivity contribution in [3.8, 4) is 28.3 Å². The zero-order valence-electron chi connectivity index (χ0n) is 23.7. The average Bonchev–Trinajstić information content (AvgIpc) is 3.57. The number of benzene rings is 2. The van der Waals surface area contributed by atoms with Crippen LogP contribution in [0.5, 0.6) is 5.75 Å². The Hall–Kier alpha value is -3.89. The Morgan fingerprint density at radius 3 is 2.61 bits per heavy atom. The number of carbonyl (C=O) groups excluding carboxylic acids is 2. The summed E-state index contributed by atoms with van der Waals surface area (Å²) in [4.78, 5) is 25.8. The van der Waals surface area contributed by atoms with E-state index in [2.05, 4.69) is 29.0 Å². The van der Waals surface area contributed by atoms with Crippen LogP contribution in [0.25, 0.3) is 22.5 Å². The molecule has 0 saturated carbocycles. The summed E-state index contributed by atoms with van der Waals surface area (Å²) in [5, 5.41) is 14.6. The molecule has 41 heavy (non-hydrogen) atoms. The summed E-state index contributed by atoms with van der Waals surface area (Å²) >= 11 is 2.57. The molecule has 2 aromatic heterocycles. The van der Waals surface area contributed by atoms with E-state index >= 15 is 0 Å². The van der Waals surface area contributed by atoms with E-state index in [-0.39, 0.29) is 11.7 Å². The molecule has 0 aliphatic rings. The number of hydrogen-bond acceptors (Lipinski definition) is 8. The molecule has 0 aliphatic carbocycles. The highest BCUT2D eigenvalue weighted by molar-refractivity contribution is 7.99. The maximum absolute atomic E-state index is 13.0. The summed E-state index contributed by atoms with van der Waals surface area (Å²) < 4.78 is 12.8. The number of aryl methyl sites for hydroxylation is 2. The van der Waals surface area contributed by atoms with Gasteiger partial charge in [0.1, 0.15) is 16.3 Å². The van der Waals surface area contributed by atoms with E-state index in [0.717, 1.165) is 46.4 Å². The van der Waals surface area contributed by atoms with Gasteiger partial charge in [0.05, 0.1) is 19.5 Å². The number of methoxy groups -OCH3 is 1. The van der Waals surface area contributed by atoms with Gasteiger partial charge in [-0.15, -0.1) is 28.1 Å². The second kappa shape index (κ2) is 14.1. The Balaban J connectivity index is 1.49. The molecule has 0 saturated heterocycles. The number of hydrogen-bond donors (Lipinski definition) is 1. The van der Waals surface area contributed by atoms with Crippen LogP contribution in [0, 0.1) is 13.8 Å². The number of allylic oxidation sites excluding steroid dienone is 1. The Bertz CT molecular complexity index is 1530. The van der Waals surface area contributed by atoms with Crippen LogP contribution in [0.1, 0.15) is 41.3 Å². The number of unbranched alkanes of at least 4 members (excludes halogenated alkanes) is 1. The molecule has 2 aromatic carbocycles. The molecule has 0 fully saturated rings. The number of nitrogens with one attached hydrogen (secondary N) is 1. The van der Waals surface area contributed by atoms with Crippen molar-refractivity contribution in [1.29, 1.82) is 0 Å². The van der Waals surface area contributed by atoms with Gasteiger partial charge in [-0.05, 0) is 55.7 Å². The lowest BCUT2D eigenvalue weighted by molar-refractivity contribution is -0.113. The summed E-state index contributed by atoms with van der Waals surface area (Å²) in [6, 6.07) is 13.8. The van der Waals surface area contributed by atoms with Crippen LogP contribution in [0.2, 0.25) is 0 Å². The van der Waals surface area contributed by atoms with Gasteiger partial charge in [0.25, 0.3) is 0 Å². The van der Waals surface area contributed by atoms with Crippen molar-refractivity contribution in [2.75, 3.05) is 24.8 Å². The maximum atomic E-state index is 13.0. The van der Waals surface area contributed by atoms with E-state index in [9.17, 15) is 9.59 Å². The number of esters is 1. The van der Waals surface area contributed by atoms with Crippen molar-refractivity contribution >= 4 is 40.0 Å². The van der Waals surface area contributed by atoms with Gasteiger partial charge in [-0.1, -0.05) is 54.9 Å². The van der Waals surface area contributed by atoms with Crippen molar-refractivity contribution in [3.05, 3.63) is 77.2 Å². The lowest BCUT2D eigenvalue weighted by Gasteiger charge is -2.11.